The molecule has 1 aromatic rings. The van der Waals surface area contributed by atoms with Crippen molar-refractivity contribution in [3.63, 3.8) is 0 Å². The van der Waals surface area contributed by atoms with Gasteiger partial charge in [-0.2, -0.15) is 0 Å². The number of nitrogens with one attached hydrogen (secondary N) is 1. The summed E-state index contributed by atoms with van der Waals surface area (Å²) in [6, 6.07) is 6.87. The second kappa shape index (κ2) is 5.51. The van der Waals surface area contributed by atoms with E-state index >= 15 is 0 Å². The predicted molar refractivity (Wildman–Crippen MR) is 69.8 cm³/mol. The molecule has 0 aromatic heterocycles. The molecule has 1 aliphatic carbocycles. The lowest BCUT2D eigenvalue weighted by molar-refractivity contribution is 0.474. The molecular weight excluding hydrogens is 218 g/mol. The average Bonchev–Trinajstić information content (AvgIpc) is 2.29. The third-order valence-corrected chi connectivity index (χ3v) is 3.41. The lowest BCUT2D eigenvalue weighted by atomic mass is 10.0. The Labute approximate surface area is 103 Å². The van der Waals surface area contributed by atoms with Crippen LogP contribution in [0.2, 0.25) is 5.02 Å². The molecule has 0 amide bonds. The topological polar surface area (TPSA) is 12.0 Å². The van der Waals surface area contributed by atoms with Gasteiger partial charge in [0.15, 0.2) is 0 Å². The molecule has 16 heavy (non-hydrogen) atoms. The highest BCUT2D eigenvalue weighted by Crippen LogP contribution is 2.18. The van der Waals surface area contributed by atoms with E-state index in [-0.39, 0.29) is 0 Å². The maximum Gasteiger partial charge on any atom is 0.0453 e. The Balaban J connectivity index is 1.91. The molecule has 1 unspecified atom stereocenters. The molecule has 86 valence electrons. The van der Waals surface area contributed by atoms with E-state index in [0.29, 0.717) is 6.04 Å². The van der Waals surface area contributed by atoms with Crippen molar-refractivity contribution >= 4 is 11.6 Å². The normalized spacial score (nSPS) is 20.0. The predicted octanol–water partition coefficient (Wildman–Crippen LogP) is 3.85. The molecule has 0 fully saturated rings. The van der Waals surface area contributed by atoms with Gasteiger partial charge in [0.1, 0.15) is 0 Å². The summed E-state index contributed by atoms with van der Waals surface area (Å²) in [4.78, 5) is 0. The van der Waals surface area contributed by atoms with Gasteiger partial charge in [-0.15, -0.1) is 0 Å². The molecule has 1 aliphatic rings. The molecule has 1 N–H and O–H groups in total. The largest absolute Gasteiger partial charge is 0.310 e. The SMILES string of the molecule is Cc1ccc(CNC2CC=CCC2)c(Cl)c1. The van der Waals surface area contributed by atoms with Crippen LogP contribution in [0.1, 0.15) is 30.4 Å². The molecule has 0 bridgehead atoms. The van der Waals surface area contributed by atoms with Crippen LogP contribution in [0.3, 0.4) is 0 Å². The van der Waals surface area contributed by atoms with Gasteiger partial charge in [-0.3, -0.25) is 0 Å². The Morgan fingerprint density at radius 1 is 1.38 bits per heavy atom. The molecule has 0 spiro atoms. The van der Waals surface area contributed by atoms with E-state index in [1.165, 1.54) is 24.0 Å². The molecule has 0 saturated heterocycles. The lowest BCUT2D eigenvalue weighted by Gasteiger charge is -2.19. The van der Waals surface area contributed by atoms with Crippen LogP contribution >= 0.6 is 11.6 Å². The first-order valence-electron chi connectivity index (χ1n) is 5.89. The Kier molecular flexibility index (Phi) is 4.03. The van der Waals surface area contributed by atoms with Crippen molar-refractivity contribution in [1.29, 1.82) is 0 Å². The molecule has 0 heterocycles. The Bertz CT molecular complexity index is 384. The summed E-state index contributed by atoms with van der Waals surface area (Å²) in [5.74, 6) is 0. The highest BCUT2D eigenvalue weighted by Gasteiger charge is 2.09. The average molecular weight is 236 g/mol. The monoisotopic (exact) mass is 235 g/mol. The summed E-state index contributed by atoms with van der Waals surface area (Å²) in [7, 11) is 0. The maximum atomic E-state index is 6.19. The van der Waals surface area contributed by atoms with E-state index in [1.807, 2.05) is 6.07 Å². The van der Waals surface area contributed by atoms with Crippen molar-refractivity contribution in [2.45, 2.75) is 38.8 Å². The number of aryl methyl sites for hydroxylation is 1. The third-order valence-electron chi connectivity index (χ3n) is 3.06. The van der Waals surface area contributed by atoms with E-state index in [0.717, 1.165) is 18.0 Å². The van der Waals surface area contributed by atoms with Gasteiger partial charge in [0.05, 0.1) is 0 Å². The smallest absolute Gasteiger partial charge is 0.0453 e. The highest BCUT2D eigenvalue weighted by molar-refractivity contribution is 6.31. The zero-order valence-electron chi connectivity index (χ0n) is 9.67. The van der Waals surface area contributed by atoms with Gasteiger partial charge in [-0.25, -0.2) is 0 Å². The van der Waals surface area contributed by atoms with Crippen LogP contribution in [-0.2, 0) is 6.54 Å². The second-order valence-corrected chi connectivity index (χ2v) is 4.86. The first kappa shape index (κ1) is 11.7. The molecule has 2 heteroatoms. The Morgan fingerprint density at radius 3 is 2.94 bits per heavy atom. The minimum absolute atomic E-state index is 0.613. The van der Waals surface area contributed by atoms with E-state index in [2.05, 4.69) is 36.5 Å². The number of benzene rings is 1. The number of halogens is 1. The fraction of sp³-hybridized carbons (Fsp3) is 0.429. The van der Waals surface area contributed by atoms with Gasteiger partial charge in [-0.1, -0.05) is 35.9 Å². The van der Waals surface area contributed by atoms with Crippen molar-refractivity contribution < 1.29 is 0 Å². The highest BCUT2D eigenvalue weighted by atomic mass is 35.5. The summed E-state index contributed by atoms with van der Waals surface area (Å²) >= 11 is 6.19. The van der Waals surface area contributed by atoms with Crippen LogP contribution in [0, 0.1) is 6.92 Å². The van der Waals surface area contributed by atoms with Gasteiger partial charge in [0, 0.05) is 17.6 Å². The molecular formula is C14H18ClN. The van der Waals surface area contributed by atoms with Crippen LogP contribution in [0.5, 0.6) is 0 Å². The fourth-order valence-corrected chi connectivity index (χ4v) is 2.33. The number of hydrogen-bond acceptors (Lipinski definition) is 1. The van der Waals surface area contributed by atoms with E-state index < -0.39 is 0 Å². The number of hydrogen-bond donors (Lipinski definition) is 1. The van der Waals surface area contributed by atoms with Gasteiger partial charge >= 0.3 is 0 Å². The number of rotatable bonds is 3. The second-order valence-electron chi connectivity index (χ2n) is 4.46. The summed E-state index contributed by atoms with van der Waals surface area (Å²) in [5.41, 5.74) is 2.41. The first-order chi connectivity index (χ1) is 7.75. The Hall–Kier alpha value is -0.790. The van der Waals surface area contributed by atoms with Gasteiger partial charge in [-0.05, 0) is 43.4 Å². The van der Waals surface area contributed by atoms with Crippen LogP contribution < -0.4 is 5.32 Å². The van der Waals surface area contributed by atoms with Gasteiger partial charge in [0.25, 0.3) is 0 Å². The standard InChI is InChI=1S/C14H18ClN/c1-11-7-8-12(14(15)9-11)10-16-13-5-3-2-4-6-13/h2-3,7-9,13,16H,4-6,10H2,1H3. The van der Waals surface area contributed by atoms with E-state index in [9.17, 15) is 0 Å². The van der Waals surface area contributed by atoms with Crippen molar-refractivity contribution in [3.8, 4) is 0 Å². The number of allylic oxidation sites excluding steroid dienone is 1. The third kappa shape index (κ3) is 3.10. The zero-order valence-corrected chi connectivity index (χ0v) is 10.4. The van der Waals surface area contributed by atoms with E-state index in [4.69, 9.17) is 11.6 Å². The van der Waals surface area contributed by atoms with Crippen molar-refractivity contribution in [2.75, 3.05) is 0 Å². The van der Waals surface area contributed by atoms with Gasteiger partial charge < -0.3 is 5.32 Å². The fourth-order valence-electron chi connectivity index (χ4n) is 2.03. The Morgan fingerprint density at radius 2 is 2.25 bits per heavy atom. The molecule has 2 rings (SSSR count). The minimum Gasteiger partial charge on any atom is -0.310 e. The van der Waals surface area contributed by atoms with Crippen LogP contribution in [0.25, 0.3) is 0 Å². The molecule has 0 aliphatic heterocycles. The van der Waals surface area contributed by atoms with Crippen LogP contribution in [0.4, 0.5) is 0 Å². The van der Waals surface area contributed by atoms with Crippen LogP contribution in [-0.4, -0.2) is 6.04 Å². The first-order valence-corrected chi connectivity index (χ1v) is 6.27. The van der Waals surface area contributed by atoms with Crippen LogP contribution in [0.15, 0.2) is 30.4 Å². The molecule has 0 saturated carbocycles. The van der Waals surface area contributed by atoms with Gasteiger partial charge in [0.2, 0.25) is 0 Å². The summed E-state index contributed by atoms with van der Waals surface area (Å²) in [6.45, 7) is 2.94. The quantitative estimate of drug-likeness (QED) is 0.785. The summed E-state index contributed by atoms with van der Waals surface area (Å²) in [6.07, 6.45) is 8.09. The molecule has 0 radical (unpaired) electrons. The minimum atomic E-state index is 0.613. The van der Waals surface area contributed by atoms with Crippen molar-refractivity contribution in [1.82, 2.24) is 5.32 Å². The summed E-state index contributed by atoms with van der Waals surface area (Å²) < 4.78 is 0. The van der Waals surface area contributed by atoms with Crippen molar-refractivity contribution in [2.24, 2.45) is 0 Å². The molecule has 1 nitrogen and oxygen atoms in total. The zero-order chi connectivity index (χ0) is 11.4. The molecule has 1 aromatic carbocycles. The lowest BCUT2D eigenvalue weighted by Crippen LogP contribution is -2.29. The maximum absolute atomic E-state index is 6.19. The van der Waals surface area contributed by atoms with Crippen molar-refractivity contribution in [3.05, 3.63) is 46.5 Å². The molecule has 1 atom stereocenters. The van der Waals surface area contributed by atoms with E-state index in [1.54, 1.807) is 0 Å². The summed E-state index contributed by atoms with van der Waals surface area (Å²) in [5, 5.41) is 4.44.